The Morgan fingerprint density at radius 3 is 2.35 bits per heavy atom. The molecule has 0 aliphatic carbocycles. The minimum atomic E-state index is -3.81. The van der Waals surface area contributed by atoms with Gasteiger partial charge in [0, 0.05) is 23.4 Å². The lowest BCUT2D eigenvalue weighted by Crippen LogP contribution is -2.32. The lowest BCUT2D eigenvalue weighted by Gasteiger charge is -2.25. The number of hydrogen-bond donors (Lipinski definition) is 0. The van der Waals surface area contributed by atoms with Gasteiger partial charge in [0.15, 0.2) is 0 Å². The Balaban J connectivity index is 2.13. The number of rotatable bonds is 9. The van der Waals surface area contributed by atoms with Gasteiger partial charge in [0.05, 0.1) is 17.6 Å². The summed E-state index contributed by atoms with van der Waals surface area (Å²) in [5.74, 6) is -0.496. The predicted octanol–water partition coefficient (Wildman–Crippen LogP) is 4.74. The van der Waals surface area contributed by atoms with Gasteiger partial charge in [-0.05, 0) is 56.2 Å². The van der Waals surface area contributed by atoms with Gasteiger partial charge in [0.2, 0.25) is 0 Å². The summed E-state index contributed by atoms with van der Waals surface area (Å²) in [5.41, 5.74) is 1.33. The van der Waals surface area contributed by atoms with Crippen LogP contribution < -0.4 is 4.31 Å². The van der Waals surface area contributed by atoms with Crippen LogP contribution in [-0.4, -0.2) is 47.0 Å². The summed E-state index contributed by atoms with van der Waals surface area (Å²) in [6, 6.07) is 13.9. The van der Waals surface area contributed by atoms with Crippen LogP contribution in [0.5, 0.6) is 0 Å². The van der Waals surface area contributed by atoms with Crippen LogP contribution in [0.1, 0.15) is 35.7 Å². The van der Waals surface area contributed by atoms with E-state index in [0.717, 1.165) is 33.5 Å². The molecule has 0 aliphatic rings. The lowest BCUT2D eigenvalue weighted by molar-refractivity contribution is 0.0600. The van der Waals surface area contributed by atoms with Crippen LogP contribution in [0.3, 0.4) is 0 Å². The number of methoxy groups -OCH3 is 1. The fourth-order valence-corrected chi connectivity index (χ4v) is 6.38. The summed E-state index contributed by atoms with van der Waals surface area (Å²) < 4.78 is 34.7. The van der Waals surface area contributed by atoms with E-state index in [1.165, 1.54) is 47.0 Å². The Morgan fingerprint density at radius 2 is 1.74 bits per heavy atom. The van der Waals surface area contributed by atoms with Crippen molar-refractivity contribution in [2.24, 2.45) is 0 Å². The SMILES string of the molecule is CCCCN(c1sc2ccccc2c1CN(C)C)S(=O)(=O)c1ccc(C(=O)OC)cc1. The van der Waals surface area contributed by atoms with Crippen LogP contribution in [0.4, 0.5) is 5.00 Å². The van der Waals surface area contributed by atoms with E-state index in [-0.39, 0.29) is 4.90 Å². The summed E-state index contributed by atoms with van der Waals surface area (Å²) in [7, 11) is 1.45. The Bertz CT molecular complexity index is 1150. The van der Waals surface area contributed by atoms with Gasteiger partial charge in [0.1, 0.15) is 5.00 Å². The number of anilines is 1. The molecule has 0 spiro atoms. The molecule has 0 atom stereocenters. The summed E-state index contributed by atoms with van der Waals surface area (Å²) in [5, 5.41) is 1.83. The molecule has 1 aromatic heterocycles. The topological polar surface area (TPSA) is 66.9 Å². The normalized spacial score (nSPS) is 11.8. The van der Waals surface area contributed by atoms with E-state index in [0.29, 0.717) is 18.7 Å². The van der Waals surface area contributed by atoms with Gasteiger partial charge in [-0.1, -0.05) is 31.5 Å². The number of carbonyl (C=O) groups is 1. The Labute approximate surface area is 188 Å². The number of unbranched alkanes of at least 4 members (excludes halogenated alkanes) is 1. The molecular formula is C23H28N2O4S2. The molecule has 2 aromatic carbocycles. The van der Waals surface area contributed by atoms with Crippen molar-refractivity contribution in [1.82, 2.24) is 4.90 Å². The molecule has 1 heterocycles. The maximum absolute atomic E-state index is 13.7. The quantitative estimate of drug-likeness (QED) is 0.431. The van der Waals surface area contributed by atoms with E-state index < -0.39 is 16.0 Å². The minimum absolute atomic E-state index is 0.157. The van der Waals surface area contributed by atoms with Crippen molar-refractivity contribution in [3.63, 3.8) is 0 Å². The third-order valence-electron chi connectivity index (χ3n) is 4.96. The number of hydrogen-bond acceptors (Lipinski definition) is 6. The molecule has 0 amide bonds. The van der Waals surface area contributed by atoms with Gasteiger partial charge in [-0.2, -0.15) is 0 Å². The monoisotopic (exact) mass is 460 g/mol. The second-order valence-electron chi connectivity index (χ2n) is 7.57. The summed E-state index contributed by atoms with van der Waals surface area (Å²) in [6.45, 7) is 3.07. The zero-order valence-electron chi connectivity index (χ0n) is 18.3. The molecule has 0 unspecified atom stereocenters. The van der Waals surface area contributed by atoms with E-state index >= 15 is 0 Å². The van der Waals surface area contributed by atoms with Crippen LogP contribution >= 0.6 is 11.3 Å². The maximum atomic E-state index is 13.7. The number of fused-ring (bicyclic) bond motifs is 1. The number of ether oxygens (including phenoxy) is 1. The van der Waals surface area contributed by atoms with Crippen LogP contribution in [0.2, 0.25) is 0 Å². The molecule has 0 radical (unpaired) electrons. The average molecular weight is 461 g/mol. The van der Waals surface area contributed by atoms with Crippen molar-refractivity contribution < 1.29 is 17.9 Å². The van der Waals surface area contributed by atoms with Crippen molar-refractivity contribution >= 4 is 42.4 Å². The van der Waals surface area contributed by atoms with Gasteiger partial charge < -0.3 is 9.64 Å². The highest BCUT2D eigenvalue weighted by Gasteiger charge is 2.29. The summed E-state index contributed by atoms with van der Waals surface area (Å²) in [6.07, 6.45) is 1.62. The molecule has 6 nitrogen and oxygen atoms in total. The molecule has 3 rings (SSSR count). The Hall–Kier alpha value is -2.42. The second-order valence-corrected chi connectivity index (χ2v) is 10.5. The van der Waals surface area contributed by atoms with Crippen LogP contribution in [-0.2, 0) is 21.3 Å². The molecular weight excluding hydrogens is 432 g/mol. The van der Waals surface area contributed by atoms with E-state index in [1.54, 1.807) is 0 Å². The number of thiophene rings is 1. The highest BCUT2D eigenvalue weighted by atomic mass is 32.2. The molecule has 0 bridgehead atoms. The first-order chi connectivity index (χ1) is 14.8. The molecule has 31 heavy (non-hydrogen) atoms. The van der Waals surface area contributed by atoms with Crippen molar-refractivity contribution in [3.05, 3.63) is 59.7 Å². The standard InChI is InChI=1S/C23H28N2O4S2/c1-5-6-15-25(31(27,28)18-13-11-17(12-14-18)23(26)29-4)22-20(16-24(2)3)19-9-7-8-10-21(19)30-22/h7-14H,5-6,15-16H2,1-4H3. The fourth-order valence-electron chi connectivity index (χ4n) is 3.40. The number of carbonyl (C=O) groups excluding carboxylic acids is 1. The third kappa shape index (κ3) is 4.92. The predicted molar refractivity (Wildman–Crippen MR) is 126 cm³/mol. The van der Waals surface area contributed by atoms with E-state index in [1.807, 2.05) is 50.2 Å². The largest absolute Gasteiger partial charge is 0.465 e. The molecule has 0 fully saturated rings. The number of nitrogens with zero attached hydrogens (tertiary/aromatic N) is 2. The van der Waals surface area contributed by atoms with E-state index in [4.69, 9.17) is 4.74 Å². The van der Waals surface area contributed by atoms with Gasteiger partial charge in [-0.15, -0.1) is 11.3 Å². The maximum Gasteiger partial charge on any atom is 0.337 e. The highest BCUT2D eigenvalue weighted by Crippen LogP contribution is 2.41. The molecule has 0 saturated carbocycles. The average Bonchev–Trinajstić information content (AvgIpc) is 3.11. The number of benzene rings is 2. The first-order valence-electron chi connectivity index (χ1n) is 10.2. The Morgan fingerprint density at radius 1 is 1.06 bits per heavy atom. The molecule has 0 N–H and O–H groups in total. The van der Waals surface area contributed by atoms with E-state index in [9.17, 15) is 13.2 Å². The number of esters is 1. The lowest BCUT2D eigenvalue weighted by atomic mass is 10.1. The summed E-state index contributed by atoms with van der Waals surface area (Å²) >= 11 is 1.50. The van der Waals surface area contributed by atoms with Crippen molar-refractivity contribution in [1.29, 1.82) is 0 Å². The van der Waals surface area contributed by atoms with Gasteiger partial charge in [-0.25, -0.2) is 13.2 Å². The summed E-state index contributed by atoms with van der Waals surface area (Å²) in [4.78, 5) is 13.9. The smallest absolute Gasteiger partial charge is 0.337 e. The van der Waals surface area contributed by atoms with Crippen molar-refractivity contribution in [3.8, 4) is 0 Å². The van der Waals surface area contributed by atoms with Gasteiger partial charge in [0.25, 0.3) is 10.0 Å². The minimum Gasteiger partial charge on any atom is -0.465 e. The van der Waals surface area contributed by atoms with Crippen LogP contribution in [0, 0.1) is 0 Å². The zero-order valence-corrected chi connectivity index (χ0v) is 19.9. The third-order valence-corrected chi connectivity index (χ3v) is 8.12. The molecule has 166 valence electrons. The first-order valence-corrected chi connectivity index (χ1v) is 12.4. The first kappa shape index (κ1) is 23.2. The molecule has 3 aromatic rings. The van der Waals surface area contributed by atoms with Crippen molar-refractivity contribution in [2.75, 3.05) is 32.1 Å². The molecule has 0 saturated heterocycles. The van der Waals surface area contributed by atoms with Crippen LogP contribution in [0.15, 0.2) is 53.4 Å². The second kappa shape index (κ2) is 9.80. The van der Waals surface area contributed by atoms with Crippen LogP contribution in [0.25, 0.3) is 10.1 Å². The molecule has 8 heteroatoms. The van der Waals surface area contributed by atoms with Crippen molar-refractivity contribution in [2.45, 2.75) is 31.2 Å². The zero-order chi connectivity index (χ0) is 22.6. The fraction of sp³-hybridized carbons (Fsp3) is 0.348. The Kier molecular flexibility index (Phi) is 7.35. The highest BCUT2D eigenvalue weighted by molar-refractivity contribution is 7.93. The molecule has 0 aliphatic heterocycles. The van der Waals surface area contributed by atoms with Gasteiger partial charge >= 0.3 is 5.97 Å². The van der Waals surface area contributed by atoms with E-state index in [2.05, 4.69) is 0 Å². The number of sulfonamides is 1. The van der Waals surface area contributed by atoms with Gasteiger partial charge in [-0.3, -0.25) is 4.31 Å².